The van der Waals surface area contributed by atoms with E-state index in [1.807, 2.05) is 49.9 Å². The molecule has 1 fully saturated rings. The van der Waals surface area contributed by atoms with Crippen LogP contribution in [-0.4, -0.2) is 64.1 Å². The fourth-order valence-electron chi connectivity index (χ4n) is 7.34. The number of aromatic nitrogens is 3. The minimum absolute atomic E-state index is 0.0451. The van der Waals surface area contributed by atoms with Crippen molar-refractivity contribution >= 4 is 45.0 Å². The average Bonchev–Trinajstić information content (AvgIpc) is 3.54. The summed E-state index contributed by atoms with van der Waals surface area (Å²) in [6.07, 6.45) is 5.88. The van der Waals surface area contributed by atoms with Gasteiger partial charge in [0.25, 0.3) is 0 Å². The van der Waals surface area contributed by atoms with Crippen molar-refractivity contribution in [1.82, 2.24) is 24.3 Å². The van der Waals surface area contributed by atoms with E-state index in [1.54, 1.807) is 11.3 Å². The first-order valence-electron chi connectivity index (χ1n) is 15.8. The number of fused-ring (bicyclic) bond motifs is 6. The number of carbonyl (C=O) groups is 2. The second-order valence-electron chi connectivity index (χ2n) is 12.8. The van der Waals surface area contributed by atoms with E-state index in [-0.39, 0.29) is 18.4 Å². The highest BCUT2D eigenvalue weighted by molar-refractivity contribution is 7.15. The molecule has 45 heavy (non-hydrogen) atoms. The van der Waals surface area contributed by atoms with Crippen LogP contribution in [0, 0.1) is 13.8 Å². The van der Waals surface area contributed by atoms with Crippen molar-refractivity contribution in [2.24, 2.45) is 0 Å². The van der Waals surface area contributed by atoms with Crippen molar-refractivity contribution in [2.45, 2.75) is 65.0 Å². The number of esters is 1. The first kappa shape index (κ1) is 29.6. The van der Waals surface area contributed by atoms with Gasteiger partial charge in [-0.25, -0.2) is 14.8 Å². The predicted octanol–water partition coefficient (Wildman–Crippen LogP) is 7.29. The maximum Gasteiger partial charge on any atom is 0.337 e. The number of ether oxygens (including phenoxy) is 1. The second kappa shape index (κ2) is 11.7. The summed E-state index contributed by atoms with van der Waals surface area (Å²) in [6, 6.07) is 14.6. The maximum absolute atomic E-state index is 14.1. The zero-order valence-electron chi connectivity index (χ0n) is 26.6. The quantitative estimate of drug-likeness (QED) is 0.192. The van der Waals surface area contributed by atoms with Crippen molar-refractivity contribution in [1.29, 1.82) is 0 Å². The van der Waals surface area contributed by atoms with Crippen molar-refractivity contribution in [3.63, 3.8) is 0 Å². The lowest BCUT2D eigenvalue weighted by atomic mass is 9.81. The Balaban J connectivity index is 1.51. The summed E-state index contributed by atoms with van der Waals surface area (Å²) in [5.41, 5.74) is 8.83. The summed E-state index contributed by atoms with van der Waals surface area (Å²) in [7, 11) is 5.38. The van der Waals surface area contributed by atoms with Gasteiger partial charge in [-0.2, -0.15) is 0 Å². The number of methoxy groups -OCH3 is 1. The molecule has 2 aromatic carbocycles. The summed E-state index contributed by atoms with van der Waals surface area (Å²) in [5.74, 6) is 0.0527. The van der Waals surface area contributed by atoms with Crippen LogP contribution >= 0.6 is 11.3 Å². The molecule has 4 heterocycles. The van der Waals surface area contributed by atoms with Crippen LogP contribution in [0.4, 0.5) is 0 Å². The molecule has 0 spiro atoms. The average molecular weight is 622 g/mol. The molecule has 1 saturated carbocycles. The Morgan fingerprint density at radius 1 is 1.02 bits per heavy atom. The van der Waals surface area contributed by atoms with Crippen molar-refractivity contribution in [2.75, 3.05) is 27.9 Å². The Bertz CT molecular complexity index is 1970. The number of rotatable bonds is 5. The van der Waals surface area contributed by atoms with E-state index in [2.05, 4.69) is 39.9 Å². The van der Waals surface area contributed by atoms with Crippen LogP contribution in [0.3, 0.4) is 0 Å². The molecular weight excluding hydrogens is 582 g/mol. The fraction of sp³-hybridized carbons (Fsp3) is 0.389. The van der Waals surface area contributed by atoms with Crippen molar-refractivity contribution < 1.29 is 14.3 Å². The highest BCUT2D eigenvalue weighted by Crippen LogP contribution is 2.46. The fourth-order valence-corrected chi connectivity index (χ4v) is 8.23. The lowest BCUT2D eigenvalue weighted by molar-refractivity contribution is -0.134. The smallest absolute Gasteiger partial charge is 0.337 e. The lowest BCUT2D eigenvalue weighted by Crippen LogP contribution is -2.40. The minimum Gasteiger partial charge on any atom is -0.465 e. The van der Waals surface area contributed by atoms with Gasteiger partial charge >= 0.3 is 5.97 Å². The molecule has 7 rings (SSSR count). The van der Waals surface area contributed by atoms with Gasteiger partial charge in [0.2, 0.25) is 5.91 Å². The summed E-state index contributed by atoms with van der Waals surface area (Å²) < 4.78 is 7.27. The zero-order chi connectivity index (χ0) is 31.4. The number of thiazole rings is 1. The van der Waals surface area contributed by atoms with Crippen LogP contribution in [0.25, 0.3) is 43.6 Å². The highest BCUT2D eigenvalue weighted by atomic mass is 32.1. The third-order valence-corrected chi connectivity index (χ3v) is 10.4. The Hall–Kier alpha value is -4.08. The molecule has 0 N–H and O–H groups in total. The van der Waals surface area contributed by atoms with E-state index in [9.17, 15) is 9.59 Å². The van der Waals surface area contributed by atoms with Crippen LogP contribution in [0.5, 0.6) is 0 Å². The normalized spacial score (nSPS) is 15.8. The Morgan fingerprint density at radius 2 is 1.82 bits per heavy atom. The number of amides is 1. The number of hydrogen-bond donors (Lipinski definition) is 0. The van der Waals surface area contributed by atoms with E-state index < -0.39 is 0 Å². The molecular formula is C36H39N5O3S. The molecule has 0 bridgehead atoms. The third kappa shape index (κ3) is 5.32. The maximum atomic E-state index is 14.1. The molecule has 1 aliphatic heterocycles. The van der Waals surface area contributed by atoms with Gasteiger partial charge in [-0.05, 0) is 88.2 Å². The molecule has 1 amide bonds. The van der Waals surface area contributed by atoms with Gasteiger partial charge in [0, 0.05) is 22.9 Å². The van der Waals surface area contributed by atoms with E-state index in [0.29, 0.717) is 24.7 Å². The molecule has 8 nitrogen and oxygen atoms in total. The third-order valence-electron chi connectivity index (χ3n) is 9.30. The second-order valence-corrected chi connectivity index (χ2v) is 14.0. The van der Waals surface area contributed by atoms with Crippen LogP contribution in [0.1, 0.15) is 70.2 Å². The van der Waals surface area contributed by atoms with Gasteiger partial charge in [0.05, 0.1) is 57.3 Å². The first-order chi connectivity index (χ1) is 21.7. The summed E-state index contributed by atoms with van der Waals surface area (Å²) in [6.45, 7) is 5.26. The molecule has 5 aromatic rings. The number of carbonyl (C=O) groups excluding carboxylic acids is 2. The standard InChI is InChI=1S/C36H39N5O3S/c1-21-35(45-22(2)37-21)29-14-12-24-15-28-26(16-30(24)38-29)18-40(20-39(3)4)32(42)19-41-31-17-25(36(43)44-5)11-13-27(31)33(34(28)41)23-9-7-6-8-10-23/h11-17,23H,6-10,18-20H2,1-5H3. The van der Waals surface area contributed by atoms with E-state index in [1.165, 1.54) is 31.9 Å². The topological polar surface area (TPSA) is 80.6 Å². The molecule has 0 unspecified atom stereocenters. The van der Waals surface area contributed by atoms with E-state index in [4.69, 9.17) is 9.72 Å². The number of hydrogen-bond acceptors (Lipinski definition) is 7. The molecule has 3 aromatic heterocycles. The highest BCUT2D eigenvalue weighted by Gasteiger charge is 2.32. The first-order valence-corrected chi connectivity index (χ1v) is 16.6. The lowest BCUT2D eigenvalue weighted by Gasteiger charge is -2.31. The Kier molecular flexibility index (Phi) is 7.70. The van der Waals surface area contributed by atoms with Gasteiger partial charge in [-0.3, -0.25) is 9.69 Å². The van der Waals surface area contributed by atoms with Crippen molar-refractivity contribution in [3.05, 3.63) is 69.9 Å². The molecule has 0 saturated heterocycles. The van der Waals surface area contributed by atoms with Crippen molar-refractivity contribution in [3.8, 4) is 21.8 Å². The molecule has 0 radical (unpaired) electrons. The Labute approximate surface area is 267 Å². The largest absolute Gasteiger partial charge is 0.465 e. The van der Waals surface area contributed by atoms with Crippen LogP contribution in [0.15, 0.2) is 42.5 Å². The molecule has 1 aliphatic carbocycles. The SMILES string of the molecule is COC(=O)c1ccc2c(C3CCCCC3)c3n(c2c1)CC(=O)N(CN(C)C)Cc1cc2nc(-c4sc(C)nc4C)ccc2cc1-3. The van der Waals surface area contributed by atoms with E-state index >= 15 is 0 Å². The molecule has 2 aliphatic rings. The molecule has 0 atom stereocenters. The van der Waals surface area contributed by atoms with Crippen LogP contribution in [-0.2, 0) is 22.6 Å². The monoisotopic (exact) mass is 621 g/mol. The van der Waals surface area contributed by atoms with Gasteiger partial charge in [-0.1, -0.05) is 31.4 Å². The summed E-state index contributed by atoms with van der Waals surface area (Å²) >= 11 is 1.67. The number of aryl methyl sites for hydroxylation is 2. The molecule has 9 heteroatoms. The van der Waals surface area contributed by atoms with Gasteiger partial charge < -0.3 is 14.2 Å². The number of nitrogens with zero attached hydrogens (tertiary/aromatic N) is 5. The van der Waals surface area contributed by atoms with Gasteiger partial charge in [0.15, 0.2) is 0 Å². The minimum atomic E-state index is -0.377. The predicted molar refractivity (Wildman–Crippen MR) is 180 cm³/mol. The summed E-state index contributed by atoms with van der Waals surface area (Å²) in [4.78, 5) is 41.6. The number of pyridine rings is 1. The number of benzene rings is 2. The van der Waals surface area contributed by atoms with Crippen LogP contribution in [0.2, 0.25) is 0 Å². The van der Waals surface area contributed by atoms with Crippen LogP contribution < -0.4 is 0 Å². The van der Waals surface area contributed by atoms with Gasteiger partial charge in [0.1, 0.15) is 6.54 Å². The van der Waals surface area contributed by atoms with E-state index in [0.717, 1.165) is 72.7 Å². The summed E-state index contributed by atoms with van der Waals surface area (Å²) in [5, 5.41) is 3.21. The zero-order valence-corrected chi connectivity index (χ0v) is 27.5. The Morgan fingerprint density at radius 3 is 2.53 bits per heavy atom. The van der Waals surface area contributed by atoms with Gasteiger partial charge in [-0.15, -0.1) is 11.3 Å². The molecule has 232 valence electrons.